The fourth-order valence-electron chi connectivity index (χ4n) is 4.37. The van der Waals surface area contributed by atoms with Crippen LogP contribution in [0.1, 0.15) is 6.92 Å². The van der Waals surface area contributed by atoms with Crippen LogP contribution in [0.5, 0.6) is 5.75 Å². The van der Waals surface area contributed by atoms with Gasteiger partial charge in [-0.05, 0) is 55.5 Å². The molecule has 1 saturated heterocycles. The third-order valence-electron chi connectivity index (χ3n) is 6.11. The maximum absolute atomic E-state index is 11.5. The molecule has 1 aliphatic rings. The molecule has 0 spiro atoms. The smallest absolute Gasteiger partial charge is 0.344 e. The van der Waals surface area contributed by atoms with Crippen LogP contribution in [0.15, 0.2) is 79.0 Å². The van der Waals surface area contributed by atoms with Crippen LogP contribution in [0.3, 0.4) is 0 Å². The number of anilines is 2. The zero-order chi connectivity index (χ0) is 24.0. The van der Waals surface area contributed by atoms with Crippen molar-refractivity contribution in [3.8, 4) is 17.1 Å². The topological polar surface area (TPSA) is 67.8 Å². The Morgan fingerprint density at radius 3 is 2.37 bits per heavy atom. The first-order chi connectivity index (χ1) is 17.2. The van der Waals surface area contributed by atoms with Crippen molar-refractivity contribution in [1.29, 1.82) is 0 Å². The van der Waals surface area contributed by atoms with Crippen molar-refractivity contribution in [2.24, 2.45) is 0 Å². The summed E-state index contributed by atoms with van der Waals surface area (Å²) in [7, 11) is 0. The summed E-state index contributed by atoms with van der Waals surface area (Å²) in [4.78, 5) is 25.7. The summed E-state index contributed by atoms with van der Waals surface area (Å²) in [5.74, 6) is 0.299. The lowest BCUT2D eigenvalue weighted by Crippen LogP contribution is -2.46. The predicted octanol–water partition coefficient (Wildman–Crippen LogP) is 4.57. The van der Waals surface area contributed by atoms with E-state index in [1.54, 1.807) is 13.1 Å². The van der Waals surface area contributed by atoms with Crippen LogP contribution in [0.2, 0.25) is 0 Å². The van der Waals surface area contributed by atoms with Crippen molar-refractivity contribution in [2.75, 3.05) is 49.2 Å². The van der Waals surface area contributed by atoms with Gasteiger partial charge in [-0.3, -0.25) is 4.98 Å². The molecule has 5 rings (SSSR count). The molecule has 2 aromatic carbocycles. The van der Waals surface area contributed by atoms with Crippen LogP contribution in [0, 0.1) is 0 Å². The highest BCUT2D eigenvalue weighted by Gasteiger charge is 2.20. The Morgan fingerprint density at radius 1 is 0.886 bits per heavy atom. The van der Waals surface area contributed by atoms with Crippen LogP contribution >= 0.6 is 0 Å². The van der Waals surface area contributed by atoms with Crippen molar-refractivity contribution in [3.63, 3.8) is 0 Å². The standard InChI is InChI=1S/C28H28N4O3/c1-2-34-28(33)20-35-22-12-10-21(11-13-22)31-15-17-32(18-16-31)27-19-26(25-9-5-6-14-29-25)30-24-8-4-3-7-23(24)27/h3-14,19H,2,15-18,20H2,1H3. The molecule has 0 bridgehead atoms. The number of carbonyl (C=O) groups is 1. The van der Waals surface area contributed by atoms with Crippen molar-refractivity contribution >= 4 is 28.2 Å². The highest BCUT2D eigenvalue weighted by Crippen LogP contribution is 2.31. The number of esters is 1. The summed E-state index contributed by atoms with van der Waals surface area (Å²) in [6.07, 6.45) is 1.80. The third-order valence-corrected chi connectivity index (χ3v) is 6.11. The van der Waals surface area contributed by atoms with Gasteiger partial charge in [-0.1, -0.05) is 24.3 Å². The summed E-state index contributed by atoms with van der Waals surface area (Å²) in [5, 5.41) is 1.16. The van der Waals surface area contributed by atoms with E-state index in [0.29, 0.717) is 12.4 Å². The number of hydrogen-bond acceptors (Lipinski definition) is 7. The number of aromatic nitrogens is 2. The molecule has 0 amide bonds. The van der Waals surface area contributed by atoms with Crippen LogP contribution in [-0.2, 0) is 9.53 Å². The molecular formula is C28H28N4O3. The number of nitrogens with zero attached hydrogens (tertiary/aromatic N) is 4. The minimum absolute atomic E-state index is 0.0771. The van der Waals surface area contributed by atoms with Gasteiger partial charge in [0.15, 0.2) is 6.61 Å². The van der Waals surface area contributed by atoms with Crippen LogP contribution in [0.25, 0.3) is 22.3 Å². The van der Waals surface area contributed by atoms with Gasteiger partial charge in [0.1, 0.15) is 5.75 Å². The summed E-state index contributed by atoms with van der Waals surface area (Å²) in [5.41, 5.74) is 5.08. The molecule has 0 unspecified atom stereocenters. The lowest BCUT2D eigenvalue weighted by molar-refractivity contribution is -0.145. The SMILES string of the molecule is CCOC(=O)COc1ccc(N2CCN(c3cc(-c4ccccn4)nc4ccccc34)CC2)cc1. The highest BCUT2D eigenvalue weighted by molar-refractivity contribution is 5.94. The molecule has 7 nitrogen and oxygen atoms in total. The summed E-state index contributed by atoms with van der Waals surface area (Å²) in [6.45, 7) is 5.66. The lowest BCUT2D eigenvalue weighted by atomic mass is 10.1. The average Bonchev–Trinajstić information content (AvgIpc) is 2.92. The molecule has 1 aliphatic heterocycles. The Bertz CT molecular complexity index is 1290. The molecule has 2 aromatic heterocycles. The monoisotopic (exact) mass is 468 g/mol. The van der Waals surface area contributed by atoms with E-state index in [9.17, 15) is 4.79 Å². The van der Waals surface area contributed by atoms with E-state index < -0.39 is 0 Å². The molecular weight excluding hydrogens is 440 g/mol. The van der Waals surface area contributed by atoms with Gasteiger partial charge in [-0.15, -0.1) is 0 Å². The molecule has 0 aliphatic carbocycles. The predicted molar refractivity (Wildman–Crippen MR) is 138 cm³/mol. The largest absolute Gasteiger partial charge is 0.482 e. The number of carbonyl (C=O) groups excluding carboxylic acids is 1. The maximum Gasteiger partial charge on any atom is 0.344 e. The maximum atomic E-state index is 11.5. The molecule has 0 N–H and O–H groups in total. The van der Waals surface area contributed by atoms with Gasteiger partial charge in [-0.2, -0.15) is 0 Å². The number of rotatable bonds is 7. The normalized spacial score (nSPS) is 13.6. The number of fused-ring (bicyclic) bond motifs is 1. The molecule has 0 atom stereocenters. The van der Waals surface area contributed by atoms with E-state index in [1.807, 2.05) is 48.5 Å². The fraction of sp³-hybridized carbons (Fsp3) is 0.250. The Hall–Kier alpha value is -4.13. The van der Waals surface area contributed by atoms with Gasteiger partial charge in [0.05, 0.1) is 23.5 Å². The number of ether oxygens (including phenoxy) is 2. The van der Waals surface area contributed by atoms with Crippen molar-refractivity contribution in [1.82, 2.24) is 9.97 Å². The Balaban J connectivity index is 1.29. The average molecular weight is 469 g/mol. The second kappa shape index (κ2) is 10.4. The first-order valence-electron chi connectivity index (χ1n) is 11.9. The number of piperazine rings is 1. The molecule has 7 heteroatoms. The van der Waals surface area contributed by atoms with Crippen LogP contribution in [0.4, 0.5) is 11.4 Å². The Labute approximate surface area is 204 Å². The van der Waals surface area contributed by atoms with E-state index in [4.69, 9.17) is 14.5 Å². The zero-order valence-electron chi connectivity index (χ0n) is 19.8. The lowest BCUT2D eigenvalue weighted by Gasteiger charge is -2.38. The Morgan fingerprint density at radius 2 is 1.63 bits per heavy atom. The van der Waals surface area contributed by atoms with Gasteiger partial charge < -0.3 is 19.3 Å². The van der Waals surface area contributed by atoms with E-state index >= 15 is 0 Å². The number of benzene rings is 2. The van der Waals surface area contributed by atoms with Gasteiger partial charge in [-0.25, -0.2) is 9.78 Å². The summed E-state index contributed by atoms with van der Waals surface area (Å²) >= 11 is 0. The van der Waals surface area contributed by atoms with Crippen LogP contribution < -0.4 is 14.5 Å². The van der Waals surface area contributed by atoms with Gasteiger partial charge in [0.25, 0.3) is 0 Å². The Kier molecular flexibility index (Phi) is 6.75. The highest BCUT2D eigenvalue weighted by atomic mass is 16.6. The quantitative estimate of drug-likeness (QED) is 0.368. The van der Waals surface area contributed by atoms with E-state index in [0.717, 1.165) is 54.2 Å². The molecule has 0 radical (unpaired) electrons. The molecule has 1 fully saturated rings. The summed E-state index contributed by atoms with van der Waals surface area (Å²) < 4.78 is 10.4. The van der Waals surface area contributed by atoms with Gasteiger partial charge in [0.2, 0.25) is 0 Å². The second-order valence-electron chi connectivity index (χ2n) is 8.32. The van der Waals surface area contributed by atoms with Crippen molar-refractivity contribution < 1.29 is 14.3 Å². The van der Waals surface area contributed by atoms with Gasteiger partial charge >= 0.3 is 5.97 Å². The second-order valence-corrected chi connectivity index (χ2v) is 8.32. The zero-order valence-corrected chi connectivity index (χ0v) is 19.8. The van der Waals surface area contributed by atoms with Gasteiger partial charge in [0, 0.05) is 49.1 Å². The fourth-order valence-corrected chi connectivity index (χ4v) is 4.37. The number of para-hydroxylation sites is 1. The minimum Gasteiger partial charge on any atom is -0.482 e. The van der Waals surface area contributed by atoms with E-state index in [1.165, 1.54) is 5.69 Å². The van der Waals surface area contributed by atoms with E-state index in [-0.39, 0.29) is 12.6 Å². The summed E-state index contributed by atoms with van der Waals surface area (Å²) in [6, 6.07) is 24.2. The molecule has 3 heterocycles. The first kappa shape index (κ1) is 22.7. The molecule has 4 aromatic rings. The van der Waals surface area contributed by atoms with Crippen LogP contribution in [-0.4, -0.2) is 55.3 Å². The van der Waals surface area contributed by atoms with Crippen molar-refractivity contribution in [2.45, 2.75) is 6.92 Å². The minimum atomic E-state index is -0.359. The first-order valence-corrected chi connectivity index (χ1v) is 11.9. The van der Waals surface area contributed by atoms with E-state index in [2.05, 4.69) is 39.0 Å². The molecule has 178 valence electrons. The van der Waals surface area contributed by atoms with Crippen molar-refractivity contribution in [3.05, 3.63) is 79.0 Å². The number of hydrogen-bond donors (Lipinski definition) is 0. The molecule has 35 heavy (non-hydrogen) atoms. The third kappa shape index (κ3) is 5.19. The number of pyridine rings is 2. The molecule has 0 saturated carbocycles.